The fourth-order valence-corrected chi connectivity index (χ4v) is 0.882. The molecule has 0 aromatic carbocycles. The van der Waals surface area contributed by atoms with Gasteiger partial charge in [0.05, 0.1) is 30.0 Å². The van der Waals surface area contributed by atoms with Crippen molar-refractivity contribution in [1.82, 2.24) is 9.78 Å². The zero-order valence-electron chi connectivity index (χ0n) is 6.84. The van der Waals surface area contributed by atoms with E-state index in [1.54, 1.807) is 13.1 Å². The number of allylic oxidation sites excluding steroid dienone is 1. The van der Waals surface area contributed by atoms with Crippen LogP contribution in [0.25, 0.3) is 6.08 Å². The summed E-state index contributed by atoms with van der Waals surface area (Å²) in [5, 5.41) is 22.3. The van der Waals surface area contributed by atoms with Gasteiger partial charge in [0.1, 0.15) is 0 Å². The molecular formula is C7H6N4O2. The second-order valence-electron chi connectivity index (χ2n) is 2.30. The number of nitrogens with zero attached hydrogens (tertiary/aromatic N) is 4. The SMILES string of the molecule is Cn1cc(/C=C/C#N)c([N+](=O)[O-])n1. The first-order valence-corrected chi connectivity index (χ1v) is 3.39. The Bertz CT molecular complexity index is 399. The number of rotatable bonds is 2. The third-order valence-electron chi connectivity index (χ3n) is 1.35. The largest absolute Gasteiger partial charge is 0.397 e. The van der Waals surface area contributed by atoms with Gasteiger partial charge in [-0.2, -0.15) is 9.94 Å². The van der Waals surface area contributed by atoms with Crippen molar-refractivity contribution in [2.75, 3.05) is 0 Å². The summed E-state index contributed by atoms with van der Waals surface area (Å²) in [6.07, 6.45) is 4.00. The molecule has 1 aromatic heterocycles. The zero-order chi connectivity index (χ0) is 9.84. The van der Waals surface area contributed by atoms with Crippen LogP contribution in [0.4, 0.5) is 5.82 Å². The first kappa shape index (κ1) is 8.93. The second-order valence-corrected chi connectivity index (χ2v) is 2.30. The first-order valence-electron chi connectivity index (χ1n) is 3.39. The fraction of sp³-hybridized carbons (Fsp3) is 0.143. The van der Waals surface area contributed by atoms with Gasteiger partial charge in [-0.15, -0.1) is 0 Å². The van der Waals surface area contributed by atoms with Crippen LogP contribution in [0.3, 0.4) is 0 Å². The molecule has 6 heteroatoms. The maximum absolute atomic E-state index is 10.4. The van der Waals surface area contributed by atoms with Crippen molar-refractivity contribution in [3.63, 3.8) is 0 Å². The Balaban J connectivity index is 3.13. The average Bonchev–Trinajstić information content (AvgIpc) is 2.43. The molecule has 0 radical (unpaired) electrons. The van der Waals surface area contributed by atoms with E-state index >= 15 is 0 Å². The minimum atomic E-state index is -0.586. The Morgan fingerprint density at radius 2 is 2.54 bits per heavy atom. The molecule has 13 heavy (non-hydrogen) atoms. The van der Waals surface area contributed by atoms with Crippen molar-refractivity contribution in [2.45, 2.75) is 0 Å². The highest BCUT2D eigenvalue weighted by molar-refractivity contribution is 5.58. The summed E-state index contributed by atoms with van der Waals surface area (Å²) in [4.78, 5) is 9.82. The van der Waals surface area contributed by atoms with Crippen LogP contribution in [-0.2, 0) is 7.05 Å². The van der Waals surface area contributed by atoms with Gasteiger partial charge in [0.2, 0.25) is 0 Å². The van der Waals surface area contributed by atoms with Crippen molar-refractivity contribution >= 4 is 11.9 Å². The minimum Gasteiger partial charge on any atom is -0.358 e. The van der Waals surface area contributed by atoms with Crippen LogP contribution in [0.5, 0.6) is 0 Å². The highest BCUT2D eigenvalue weighted by Crippen LogP contribution is 2.16. The number of aryl methyl sites for hydroxylation is 1. The van der Waals surface area contributed by atoms with Crippen LogP contribution in [0.15, 0.2) is 12.3 Å². The molecule has 0 aliphatic carbocycles. The smallest absolute Gasteiger partial charge is 0.358 e. The lowest BCUT2D eigenvalue weighted by Gasteiger charge is -1.86. The normalized spacial score (nSPS) is 10.2. The van der Waals surface area contributed by atoms with E-state index in [2.05, 4.69) is 5.10 Å². The molecule has 0 saturated carbocycles. The average molecular weight is 178 g/mol. The molecule has 0 N–H and O–H groups in total. The van der Waals surface area contributed by atoms with Gasteiger partial charge in [-0.25, -0.2) is 0 Å². The lowest BCUT2D eigenvalue weighted by molar-refractivity contribution is -0.390. The topological polar surface area (TPSA) is 84.8 Å². The molecule has 1 heterocycles. The first-order chi connectivity index (χ1) is 6.15. The van der Waals surface area contributed by atoms with Gasteiger partial charge in [0, 0.05) is 6.08 Å². The minimum absolute atomic E-state index is 0.242. The Labute approximate surface area is 73.9 Å². The molecule has 0 aliphatic heterocycles. The number of nitro groups is 1. The summed E-state index contributed by atoms with van der Waals surface area (Å²) in [6.45, 7) is 0. The molecule has 66 valence electrons. The summed E-state index contributed by atoms with van der Waals surface area (Å²) in [6, 6.07) is 1.75. The van der Waals surface area contributed by atoms with Gasteiger partial charge in [-0.3, -0.25) is 0 Å². The molecule has 0 unspecified atom stereocenters. The van der Waals surface area contributed by atoms with Crippen LogP contribution in [0.1, 0.15) is 5.56 Å². The third-order valence-corrected chi connectivity index (χ3v) is 1.35. The maximum atomic E-state index is 10.4. The predicted molar refractivity (Wildman–Crippen MR) is 44.5 cm³/mol. The molecular weight excluding hydrogens is 172 g/mol. The lowest BCUT2D eigenvalue weighted by atomic mass is 10.3. The summed E-state index contributed by atoms with van der Waals surface area (Å²) < 4.78 is 1.33. The molecule has 0 saturated heterocycles. The van der Waals surface area contributed by atoms with E-state index in [-0.39, 0.29) is 5.82 Å². The Kier molecular flexibility index (Phi) is 2.40. The zero-order valence-corrected chi connectivity index (χ0v) is 6.84. The highest BCUT2D eigenvalue weighted by Gasteiger charge is 2.16. The summed E-state index contributed by atoms with van der Waals surface area (Å²) in [5.41, 5.74) is 0.328. The molecule has 1 rings (SSSR count). The van der Waals surface area contributed by atoms with Gasteiger partial charge in [0.15, 0.2) is 0 Å². The fourth-order valence-electron chi connectivity index (χ4n) is 0.882. The maximum Gasteiger partial charge on any atom is 0.397 e. The molecule has 0 fully saturated rings. The summed E-state index contributed by atoms with van der Waals surface area (Å²) >= 11 is 0. The van der Waals surface area contributed by atoms with E-state index in [4.69, 9.17) is 5.26 Å². The van der Waals surface area contributed by atoms with Gasteiger partial charge < -0.3 is 10.1 Å². The van der Waals surface area contributed by atoms with Crippen LogP contribution in [0.2, 0.25) is 0 Å². The van der Waals surface area contributed by atoms with E-state index < -0.39 is 4.92 Å². The quantitative estimate of drug-likeness (QED) is 0.382. The van der Waals surface area contributed by atoms with Gasteiger partial charge in [-0.1, -0.05) is 0 Å². The Morgan fingerprint density at radius 1 is 1.85 bits per heavy atom. The monoisotopic (exact) mass is 178 g/mol. The van der Waals surface area contributed by atoms with Crippen LogP contribution >= 0.6 is 0 Å². The Morgan fingerprint density at radius 3 is 3.08 bits per heavy atom. The number of aromatic nitrogens is 2. The van der Waals surface area contributed by atoms with Crippen LogP contribution in [0, 0.1) is 21.4 Å². The summed E-state index contributed by atoms with van der Waals surface area (Å²) in [5.74, 6) is -0.242. The van der Waals surface area contributed by atoms with Crippen molar-refractivity contribution in [2.24, 2.45) is 7.05 Å². The molecule has 0 spiro atoms. The number of hydrogen-bond acceptors (Lipinski definition) is 4. The summed E-state index contributed by atoms with van der Waals surface area (Å²) in [7, 11) is 1.58. The van der Waals surface area contributed by atoms with E-state index in [0.717, 1.165) is 0 Å². The standard InChI is InChI=1S/C7H6N4O2/c1-10-5-6(3-2-4-8)7(9-10)11(12)13/h2-3,5H,1H3/b3-2+. The van der Waals surface area contributed by atoms with Crippen molar-refractivity contribution in [3.8, 4) is 6.07 Å². The van der Waals surface area contributed by atoms with Gasteiger partial charge in [-0.05, 0) is 11.0 Å². The molecule has 6 nitrogen and oxygen atoms in total. The number of nitriles is 1. The van der Waals surface area contributed by atoms with Crippen molar-refractivity contribution < 1.29 is 4.92 Å². The van der Waals surface area contributed by atoms with E-state index in [0.29, 0.717) is 5.56 Å². The van der Waals surface area contributed by atoms with E-state index in [1.165, 1.54) is 23.0 Å². The highest BCUT2D eigenvalue weighted by atomic mass is 16.6. The molecule has 0 aliphatic rings. The van der Waals surface area contributed by atoms with Crippen molar-refractivity contribution in [3.05, 3.63) is 28.0 Å². The second kappa shape index (κ2) is 3.49. The molecule has 0 amide bonds. The number of hydrogen-bond donors (Lipinski definition) is 0. The van der Waals surface area contributed by atoms with Crippen molar-refractivity contribution in [1.29, 1.82) is 5.26 Å². The van der Waals surface area contributed by atoms with Crippen LogP contribution < -0.4 is 0 Å². The molecule has 0 atom stereocenters. The Hall–Kier alpha value is -2.16. The molecule has 0 bridgehead atoms. The van der Waals surface area contributed by atoms with Crippen LogP contribution in [-0.4, -0.2) is 14.7 Å². The van der Waals surface area contributed by atoms with E-state index in [9.17, 15) is 10.1 Å². The molecule has 1 aromatic rings. The lowest BCUT2D eigenvalue weighted by Crippen LogP contribution is -1.92. The van der Waals surface area contributed by atoms with Gasteiger partial charge >= 0.3 is 5.82 Å². The van der Waals surface area contributed by atoms with E-state index in [1.807, 2.05) is 0 Å². The third kappa shape index (κ3) is 1.90. The predicted octanol–water partition coefficient (Wildman–Crippen LogP) is 0.865. The van der Waals surface area contributed by atoms with Gasteiger partial charge in [0.25, 0.3) is 0 Å².